The number of carbonyl (C=O) groups excluding carboxylic acids is 2. The molecule has 1 aliphatic carbocycles. The quantitative estimate of drug-likeness (QED) is 0.514. The van der Waals surface area contributed by atoms with E-state index in [9.17, 15) is 9.59 Å². The second kappa shape index (κ2) is 10.3. The van der Waals surface area contributed by atoms with Crippen molar-refractivity contribution in [3.63, 3.8) is 0 Å². The molecule has 32 heavy (non-hydrogen) atoms. The Bertz CT molecular complexity index is 1070. The molecule has 3 aromatic rings. The van der Waals surface area contributed by atoms with Crippen LogP contribution in [0.15, 0.2) is 36.0 Å². The lowest BCUT2D eigenvalue weighted by Gasteiger charge is -2.21. The predicted octanol–water partition coefficient (Wildman–Crippen LogP) is 4.75. The van der Waals surface area contributed by atoms with Crippen molar-refractivity contribution in [1.29, 1.82) is 0 Å². The number of imidazole rings is 1. The highest BCUT2D eigenvalue weighted by atomic mass is 32.1. The molecule has 1 aliphatic rings. The second-order valence-electron chi connectivity index (χ2n) is 8.36. The Labute approximate surface area is 192 Å². The van der Waals surface area contributed by atoms with Crippen molar-refractivity contribution in [2.75, 3.05) is 19.0 Å². The third-order valence-electron chi connectivity index (χ3n) is 6.06. The number of nitrogens with zero attached hydrogens (tertiary/aromatic N) is 2. The van der Waals surface area contributed by atoms with Crippen LogP contribution in [0, 0.1) is 5.92 Å². The number of nitrogens with one attached hydrogen (secondary N) is 2. The summed E-state index contributed by atoms with van der Waals surface area (Å²) >= 11 is 1.61. The molecule has 2 amide bonds. The first-order chi connectivity index (χ1) is 15.6. The van der Waals surface area contributed by atoms with E-state index in [0.717, 1.165) is 36.1 Å². The first-order valence-corrected chi connectivity index (χ1v) is 12.1. The molecular weight excluding hydrogens is 424 g/mol. The van der Waals surface area contributed by atoms with E-state index in [1.165, 1.54) is 6.42 Å². The molecule has 1 aromatic carbocycles. The number of hydrogen-bond acceptors (Lipinski definition) is 5. The van der Waals surface area contributed by atoms with Gasteiger partial charge in [-0.05, 0) is 43.3 Å². The number of benzene rings is 1. The largest absolute Gasteiger partial charge is 0.383 e. The zero-order chi connectivity index (χ0) is 22.5. The Morgan fingerprint density at radius 1 is 1.28 bits per heavy atom. The minimum absolute atomic E-state index is 0.0289. The maximum absolute atomic E-state index is 13.3. The Kier molecular flexibility index (Phi) is 7.22. The van der Waals surface area contributed by atoms with Crippen LogP contribution in [0.3, 0.4) is 0 Å². The van der Waals surface area contributed by atoms with E-state index in [2.05, 4.69) is 15.6 Å². The summed E-state index contributed by atoms with van der Waals surface area (Å²) in [6, 6.07) is 7.48. The molecular formula is C24H30N4O3S. The van der Waals surface area contributed by atoms with Crippen molar-refractivity contribution in [2.24, 2.45) is 5.92 Å². The number of methoxy groups -OCH3 is 1. The summed E-state index contributed by atoms with van der Waals surface area (Å²) in [6.07, 6.45) is 6.94. The van der Waals surface area contributed by atoms with E-state index in [1.54, 1.807) is 30.8 Å². The van der Waals surface area contributed by atoms with Crippen LogP contribution in [0.4, 0.5) is 5.69 Å². The van der Waals surface area contributed by atoms with Gasteiger partial charge in [0.05, 0.1) is 35.6 Å². The van der Waals surface area contributed by atoms with Gasteiger partial charge in [0.25, 0.3) is 5.91 Å². The molecule has 2 heterocycles. The van der Waals surface area contributed by atoms with Gasteiger partial charge in [0.1, 0.15) is 0 Å². The van der Waals surface area contributed by atoms with Crippen molar-refractivity contribution in [1.82, 2.24) is 14.9 Å². The number of anilines is 1. The highest BCUT2D eigenvalue weighted by molar-refractivity contribution is 7.10. The number of rotatable bonds is 8. The SMILES string of the molecule is COCCn1cnc2cc(NC(=O)C3CCCCC3)cc(C(=O)NC(C)c3cccs3)c21. The van der Waals surface area contributed by atoms with E-state index >= 15 is 0 Å². The topological polar surface area (TPSA) is 85.2 Å². The fourth-order valence-corrected chi connectivity index (χ4v) is 5.04. The van der Waals surface area contributed by atoms with Crippen LogP contribution in [0.1, 0.15) is 60.3 Å². The van der Waals surface area contributed by atoms with Gasteiger partial charge in [-0.1, -0.05) is 25.3 Å². The average molecular weight is 455 g/mol. The molecule has 1 atom stereocenters. The summed E-state index contributed by atoms with van der Waals surface area (Å²) in [5.74, 6) is -0.125. The van der Waals surface area contributed by atoms with Crippen molar-refractivity contribution >= 4 is 39.9 Å². The van der Waals surface area contributed by atoms with Gasteiger partial charge in [0, 0.05) is 30.1 Å². The lowest BCUT2D eigenvalue weighted by molar-refractivity contribution is -0.120. The average Bonchev–Trinajstić information content (AvgIpc) is 3.48. The first-order valence-electron chi connectivity index (χ1n) is 11.2. The number of thiophene rings is 1. The molecule has 0 radical (unpaired) electrons. The molecule has 4 rings (SSSR count). The minimum Gasteiger partial charge on any atom is -0.383 e. The van der Waals surface area contributed by atoms with Crippen molar-refractivity contribution in [2.45, 2.75) is 51.6 Å². The number of aromatic nitrogens is 2. The van der Waals surface area contributed by atoms with Gasteiger partial charge in [0.2, 0.25) is 5.91 Å². The maximum atomic E-state index is 13.3. The molecule has 0 spiro atoms. The third-order valence-corrected chi connectivity index (χ3v) is 7.11. The number of carbonyl (C=O) groups is 2. The first kappa shape index (κ1) is 22.5. The van der Waals surface area contributed by atoms with Gasteiger partial charge in [-0.25, -0.2) is 4.98 Å². The Morgan fingerprint density at radius 3 is 2.81 bits per heavy atom. The minimum atomic E-state index is -0.191. The molecule has 1 saturated carbocycles. The third kappa shape index (κ3) is 5.02. The maximum Gasteiger partial charge on any atom is 0.254 e. The highest BCUT2D eigenvalue weighted by Crippen LogP contribution is 2.28. The Balaban J connectivity index is 1.64. The molecule has 0 bridgehead atoms. The normalized spacial score (nSPS) is 15.6. The predicted molar refractivity (Wildman–Crippen MR) is 127 cm³/mol. The lowest BCUT2D eigenvalue weighted by atomic mass is 9.88. The highest BCUT2D eigenvalue weighted by Gasteiger charge is 2.23. The molecule has 0 aliphatic heterocycles. The molecule has 2 aromatic heterocycles. The van der Waals surface area contributed by atoms with Gasteiger partial charge < -0.3 is 19.9 Å². The summed E-state index contributed by atoms with van der Waals surface area (Å²) in [5.41, 5.74) is 2.53. The summed E-state index contributed by atoms with van der Waals surface area (Å²) in [7, 11) is 1.65. The zero-order valence-electron chi connectivity index (χ0n) is 18.6. The van der Waals surface area contributed by atoms with Crippen LogP contribution in [0.2, 0.25) is 0 Å². The van der Waals surface area contributed by atoms with Gasteiger partial charge in [-0.2, -0.15) is 0 Å². The van der Waals surface area contributed by atoms with E-state index in [4.69, 9.17) is 4.74 Å². The van der Waals surface area contributed by atoms with Crippen LogP contribution in [-0.2, 0) is 16.1 Å². The summed E-state index contributed by atoms with van der Waals surface area (Å²) in [6.45, 7) is 3.07. The fourth-order valence-electron chi connectivity index (χ4n) is 4.31. The monoisotopic (exact) mass is 454 g/mol. The standard InChI is InChI=1S/C24H30N4O3S/c1-16(21-9-6-12-32-21)26-24(30)19-13-18(27-23(29)17-7-4-3-5-8-17)14-20-22(19)28(15-25-20)10-11-31-2/h6,9,12-17H,3-5,7-8,10-11H2,1-2H3,(H,26,30)(H,27,29). The molecule has 7 nitrogen and oxygen atoms in total. The molecule has 1 unspecified atom stereocenters. The van der Waals surface area contributed by atoms with E-state index in [0.29, 0.717) is 29.9 Å². The Morgan fingerprint density at radius 2 is 2.09 bits per heavy atom. The van der Waals surface area contributed by atoms with Crippen molar-refractivity contribution in [3.8, 4) is 0 Å². The number of ether oxygens (including phenoxy) is 1. The molecule has 0 saturated heterocycles. The Hall–Kier alpha value is -2.71. The summed E-state index contributed by atoms with van der Waals surface area (Å²) < 4.78 is 7.14. The van der Waals surface area contributed by atoms with Crippen LogP contribution in [0.25, 0.3) is 11.0 Å². The smallest absolute Gasteiger partial charge is 0.254 e. The van der Waals surface area contributed by atoms with E-state index < -0.39 is 0 Å². The van der Waals surface area contributed by atoms with Crippen molar-refractivity contribution < 1.29 is 14.3 Å². The van der Waals surface area contributed by atoms with E-state index in [-0.39, 0.29) is 23.8 Å². The molecule has 2 N–H and O–H groups in total. The molecule has 8 heteroatoms. The van der Waals surface area contributed by atoms with Gasteiger partial charge in [-0.3, -0.25) is 9.59 Å². The van der Waals surface area contributed by atoms with Crippen LogP contribution in [0.5, 0.6) is 0 Å². The molecule has 170 valence electrons. The number of hydrogen-bond donors (Lipinski definition) is 2. The number of amides is 2. The van der Waals surface area contributed by atoms with Gasteiger partial charge >= 0.3 is 0 Å². The van der Waals surface area contributed by atoms with E-state index in [1.807, 2.05) is 35.1 Å². The van der Waals surface area contributed by atoms with Gasteiger partial charge in [-0.15, -0.1) is 11.3 Å². The van der Waals surface area contributed by atoms with Gasteiger partial charge in [0.15, 0.2) is 0 Å². The fraction of sp³-hybridized carbons (Fsp3) is 0.458. The molecule has 1 fully saturated rings. The van der Waals surface area contributed by atoms with Crippen molar-refractivity contribution in [3.05, 3.63) is 46.4 Å². The second-order valence-corrected chi connectivity index (χ2v) is 9.34. The zero-order valence-corrected chi connectivity index (χ0v) is 19.4. The van der Waals surface area contributed by atoms with Crippen LogP contribution >= 0.6 is 11.3 Å². The number of fused-ring (bicyclic) bond motifs is 1. The summed E-state index contributed by atoms with van der Waals surface area (Å²) in [4.78, 5) is 31.7. The van der Waals surface area contributed by atoms with Crippen LogP contribution < -0.4 is 10.6 Å². The lowest BCUT2D eigenvalue weighted by Crippen LogP contribution is -2.27. The van der Waals surface area contributed by atoms with Crippen LogP contribution in [-0.4, -0.2) is 35.1 Å². The summed E-state index contributed by atoms with van der Waals surface area (Å²) in [5, 5.41) is 8.13.